The summed E-state index contributed by atoms with van der Waals surface area (Å²) >= 11 is 0. The number of fused-ring (bicyclic) bond motifs is 1. The summed E-state index contributed by atoms with van der Waals surface area (Å²) in [5.41, 5.74) is 1.35. The van der Waals surface area contributed by atoms with Gasteiger partial charge >= 0.3 is 0 Å². The molecule has 0 aliphatic carbocycles. The molecule has 0 radical (unpaired) electrons. The van der Waals surface area contributed by atoms with E-state index in [1.807, 2.05) is 13.0 Å². The van der Waals surface area contributed by atoms with Crippen LogP contribution in [0.2, 0.25) is 0 Å². The molecule has 20 heavy (non-hydrogen) atoms. The van der Waals surface area contributed by atoms with Crippen LogP contribution in [0, 0.1) is 26.2 Å². The van der Waals surface area contributed by atoms with Gasteiger partial charge in [-0.1, -0.05) is 17.1 Å². The lowest BCUT2D eigenvalue weighted by Crippen LogP contribution is -2.32. The number of aryl methyl sites for hydroxylation is 2. The summed E-state index contributed by atoms with van der Waals surface area (Å²) in [5, 5.41) is 16.8. The number of nitrogens with zero attached hydrogens (tertiary/aromatic N) is 1. The maximum absolute atomic E-state index is 11.8. The predicted molar refractivity (Wildman–Crippen MR) is 72.8 cm³/mol. The van der Waals surface area contributed by atoms with Crippen LogP contribution in [0.3, 0.4) is 0 Å². The standard InChI is InChI=1S/C15H12N2O3/c1-4-15(19)11-7-10(5-6-12(11)16-14(15)18)13-8(2)17-20-9(13)3/h1,5-7,19H,2-3H3,(H,16,18). The Morgan fingerprint density at radius 3 is 2.80 bits per heavy atom. The van der Waals surface area contributed by atoms with Crippen molar-refractivity contribution in [2.45, 2.75) is 19.4 Å². The number of terminal acetylenes is 1. The number of hydrogen-bond acceptors (Lipinski definition) is 4. The number of hydrogen-bond donors (Lipinski definition) is 2. The van der Waals surface area contributed by atoms with Gasteiger partial charge in [-0.05, 0) is 31.5 Å². The van der Waals surface area contributed by atoms with E-state index in [4.69, 9.17) is 10.9 Å². The van der Waals surface area contributed by atoms with Crippen LogP contribution in [0.4, 0.5) is 5.69 Å². The second-order valence-electron chi connectivity index (χ2n) is 4.77. The largest absolute Gasteiger partial charge is 0.366 e. The molecule has 1 atom stereocenters. The summed E-state index contributed by atoms with van der Waals surface area (Å²) in [7, 11) is 0. The molecule has 100 valence electrons. The maximum Gasteiger partial charge on any atom is 0.274 e. The van der Waals surface area contributed by atoms with E-state index in [2.05, 4.69) is 16.4 Å². The first-order chi connectivity index (χ1) is 9.47. The fraction of sp³-hybridized carbons (Fsp3) is 0.200. The van der Waals surface area contributed by atoms with Crippen molar-refractivity contribution in [2.24, 2.45) is 0 Å². The van der Waals surface area contributed by atoms with E-state index in [1.165, 1.54) is 0 Å². The lowest BCUT2D eigenvalue weighted by atomic mass is 9.92. The fourth-order valence-electron chi connectivity index (χ4n) is 2.48. The molecule has 0 bridgehead atoms. The highest BCUT2D eigenvalue weighted by Gasteiger charge is 2.44. The van der Waals surface area contributed by atoms with Crippen molar-refractivity contribution in [3.05, 3.63) is 35.2 Å². The van der Waals surface area contributed by atoms with Crippen LogP contribution in [0.5, 0.6) is 0 Å². The monoisotopic (exact) mass is 268 g/mol. The molecular formula is C15H12N2O3. The van der Waals surface area contributed by atoms with Gasteiger partial charge in [0.15, 0.2) is 0 Å². The number of aromatic nitrogens is 1. The molecule has 1 aliphatic heterocycles. The number of amides is 1. The summed E-state index contributed by atoms with van der Waals surface area (Å²) < 4.78 is 5.13. The van der Waals surface area contributed by atoms with Crippen molar-refractivity contribution >= 4 is 11.6 Å². The summed E-state index contributed by atoms with van der Waals surface area (Å²) in [4.78, 5) is 11.8. The Kier molecular flexibility index (Phi) is 2.46. The summed E-state index contributed by atoms with van der Waals surface area (Å²) in [6, 6.07) is 5.23. The van der Waals surface area contributed by atoms with Crippen molar-refractivity contribution in [3.8, 4) is 23.5 Å². The average molecular weight is 268 g/mol. The molecule has 3 rings (SSSR count). The number of carbonyl (C=O) groups is 1. The van der Waals surface area contributed by atoms with E-state index in [9.17, 15) is 9.90 Å². The van der Waals surface area contributed by atoms with Crippen LogP contribution in [0.25, 0.3) is 11.1 Å². The van der Waals surface area contributed by atoms with Crippen LogP contribution in [0.15, 0.2) is 22.7 Å². The molecule has 0 saturated carbocycles. The van der Waals surface area contributed by atoms with Gasteiger partial charge in [0.1, 0.15) is 5.76 Å². The lowest BCUT2D eigenvalue weighted by molar-refractivity contribution is -0.128. The van der Waals surface area contributed by atoms with Gasteiger partial charge in [0.25, 0.3) is 5.91 Å². The molecule has 2 heterocycles. The van der Waals surface area contributed by atoms with E-state index in [0.717, 1.165) is 16.8 Å². The van der Waals surface area contributed by atoms with E-state index in [-0.39, 0.29) is 0 Å². The predicted octanol–water partition coefficient (Wildman–Crippen LogP) is 1.73. The van der Waals surface area contributed by atoms with Crippen molar-refractivity contribution in [1.29, 1.82) is 0 Å². The zero-order chi connectivity index (χ0) is 14.5. The highest BCUT2D eigenvalue weighted by molar-refractivity contribution is 6.07. The molecule has 1 amide bonds. The van der Waals surface area contributed by atoms with Gasteiger partial charge in [-0.2, -0.15) is 0 Å². The summed E-state index contributed by atoms with van der Waals surface area (Å²) in [6.07, 6.45) is 5.31. The second kappa shape index (κ2) is 3.95. The Labute approximate surface area is 115 Å². The minimum Gasteiger partial charge on any atom is -0.366 e. The van der Waals surface area contributed by atoms with E-state index in [0.29, 0.717) is 17.0 Å². The SMILES string of the molecule is C#CC1(O)C(=O)Nc2ccc(-c3c(C)noc3C)cc21. The minimum absolute atomic E-state index is 0.377. The van der Waals surface area contributed by atoms with Crippen LogP contribution in [0.1, 0.15) is 17.0 Å². The smallest absolute Gasteiger partial charge is 0.274 e. The average Bonchev–Trinajstić information content (AvgIpc) is 2.89. The first-order valence-corrected chi connectivity index (χ1v) is 6.06. The Morgan fingerprint density at radius 2 is 2.20 bits per heavy atom. The lowest BCUT2D eigenvalue weighted by Gasteiger charge is -2.13. The van der Waals surface area contributed by atoms with E-state index in [1.54, 1.807) is 19.1 Å². The molecule has 1 aromatic carbocycles. The van der Waals surface area contributed by atoms with Crippen molar-refractivity contribution in [2.75, 3.05) is 5.32 Å². The third-order valence-electron chi connectivity index (χ3n) is 3.52. The van der Waals surface area contributed by atoms with Gasteiger partial charge in [0, 0.05) is 16.8 Å². The Hall–Kier alpha value is -2.58. The summed E-state index contributed by atoms with van der Waals surface area (Å²) in [6.45, 7) is 3.63. The van der Waals surface area contributed by atoms with E-state index < -0.39 is 11.5 Å². The van der Waals surface area contributed by atoms with Crippen LogP contribution in [-0.2, 0) is 10.4 Å². The molecule has 0 spiro atoms. The third kappa shape index (κ3) is 1.49. The number of benzene rings is 1. The molecule has 0 fully saturated rings. The Morgan fingerprint density at radius 1 is 1.45 bits per heavy atom. The van der Waals surface area contributed by atoms with Crippen molar-refractivity contribution < 1.29 is 14.4 Å². The number of nitrogens with one attached hydrogen (secondary N) is 1. The Bertz CT molecular complexity index is 750. The van der Waals surface area contributed by atoms with Crippen molar-refractivity contribution in [3.63, 3.8) is 0 Å². The van der Waals surface area contributed by atoms with Crippen molar-refractivity contribution in [1.82, 2.24) is 5.16 Å². The van der Waals surface area contributed by atoms with Gasteiger partial charge in [0.2, 0.25) is 5.60 Å². The molecule has 1 aliphatic rings. The van der Waals surface area contributed by atoms with Gasteiger partial charge in [0.05, 0.1) is 5.69 Å². The molecule has 0 saturated heterocycles. The number of carbonyl (C=O) groups excluding carboxylic acids is 1. The molecule has 1 aromatic heterocycles. The quantitative estimate of drug-likeness (QED) is 0.772. The summed E-state index contributed by atoms with van der Waals surface area (Å²) in [5.74, 6) is 2.22. The zero-order valence-corrected chi connectivity index (χ0v) is 11.0. The van der Waals surface area contributed by atoms with Gasteiger partial charge < -0.3 is 14.9 Å². The van der Waals surface area contributed by atoms with Gasteiger partial charge in [-0.3, -0.25) is 4.79 Å². The molecule has 2 N–H and O–H groups in total. The highest BCUT2D eigenvalue weighted by atomic mass is 16.5. The minimum atomic E-state index is -1.93. The van der Waals surface area contributed by atoms with Gasteiger partial charge in [-0.15, -0.1) is 6.42 Å². The molecule has 2 aromatic rings. The van der Waals surface area contributed by atoms with Crippen LogP contribution in [-0.4, -0.2) is 16.2 Å². The van der Waals surface area contributed by atoms with Gasteiger partial charge in [-0.25, -0.2) is 0 Å². The fourth-order valence-corrected chi connectivity index (χ4v) is 2.48. The first kappa shape index (κ1) is 12.5. The second-order valence-corrected chi connectivity index (χ2v) is 4.77. The first-order valence-electron chi connectivity index (χ1n) is 6.06. The number of rotatable bonds is 1. The number of anilines is 1. The highest BCUT2D eigenvalue weighted by Crippen LogP contribution is 2.39. The normalized spacial score (nSPS) is 20.4. The molecule has 1 unspecified atom stereocenters. The molecular weight excluding hydrogens is 256 g/mol. The molecule has 5 nitrogen and oxygen atoms in total. The maximum atomic E-state index is 11.8. The third-order valence-corrected chi connectivity index (χ3v) is 3.52. The zero-order valence-electron chi connectivity index (χ0n) is 11.0. The molecule has 5 heteroatoms. The van der Waals surface area contributed by atoms with Crippen LogP contribution >= 0.6 is 0 Å². The number of aliphatic hydroxyl groups is 1. The topological polar surface area (TPSA) is 75.4 Å². The van der Waals surface area contributed by atoms with E-state index >= 15 is 0 Å². The van der Waals surface area contributed by atoms with Crippen LogP contribution < -0.4 is 5.32 Å². The Balaban J connectivity index is 2.22.